The van der Waals surface area contributed by atoms with Crippen molar-refractivity contribution in [2.45, 2.75) is 45.1 Å². The Morgan fingerprint density at radius 1 is 1.16 bits per heavy atom. The lowest BCUT2D eigenvalue weighted by Gasteiger charge is -2.13. The molecule has 1 heterocycles. The van der Waals surface area contributed by atoms with Gasteiger partial charge in [0, 0.05) is 13.0 Å². The lowest BCUT2D eigenvalue weighted by molar-refractivity contribution is 0.357. The monoisotopic (exact) mass is 257 g/mol. The smallest absolute Gasteiger partial charge is 0.122 e. The summed E-state index contributed by atoms with van der Waals surface area (Å²) in [5, 5.41) is 3.56. The quantitative estimate of drug-likeness (QED) is 0.643. The minimum Gasteiger partial charge on any atom is -0.493 e. The van der Waals surface area contributed by atoms with Gasteiger partial charge in [-0.05, 0) is 55.8 Å². The Hall–Kier alpha value is -1.28. The second kappa shape index (κ2) is 6.25. The summed E-state index contributed by atoms with van der Waals surface area (Å²) in [7, 11) is 0. The summed E-state index contributed by atoms with van der Waals surface area (Å²) in [6.07, 6.45) is 10.1. The van der Waals surface area contributed by atoms with Crippen LogP contribution in [0.5, 0.6) is 5.75 Å². The Balaban J connectivity index is 1.43. The van der Waals surface area contributed by atoms with Crippen molar-refractivity contribution >= 4 is 0 Å². The highest BCUT2D eigenvalue weighted by atomic mass is 16.5. The zero-order chi connectivity index (χ0) is 12.9. The summed E-state index contributed by atoms with van der Waals surface area (Å²) < 4.78 is 5.53. The van der Waals surface area contributed by atoms with Crippen LogP contribution in [-0.2, 0) is 13.0 Å². The molecule has 0 unspecified atom stereocenters. The first-order chi connectivity index (χ1) is 9.42. The minimum absolute atomic E-state index is 0.848. The SMILES string of the molecule is C1=C(CCNCc2ccc3c(c2)CCO3)CCCC1. The highest BCUT2D eigenvalue weighted by molar-refractivity contribution is 5.39. The summed E-state index contributed by atoms with van der Waals surface area (Å²) in [5.41, 5.74) is 4.40. The maximum atomic E-state index is 5.53. The van der Waals surface area contributed by atoms with Gasteiger partial charge in [0.2, 0.25) is 0 Å². The van der Waals surface area contributed by atoms with Gasteiger partial charge in [-0.2, -0.15) is 0 Å². The summed E-state index contributed by atoms with van der Waals surface area (Å²) >= 11 is 0. The van der Waals surface area contributed by atoms with Crippen molar-refractivity contribution in [1.29, 1.82) is 0 Å². The van der Waals surface area contributed by atoms with E-state index in [9.17, 15) is 0 Å². The molecular formula is C17H23NO. The molecule has 1 aliphatic heterocycles. The van der Waals surface area contributed by atoms with Crippen LogP contribution in [0.25, 0.3) is 0 Å². The molecule has 2 nitrogen and oxygen atoms in total. The molecule has 1 aromatic carbocycles. The molecule has 3 rings (SSSR count). The minimum atomic E-state index is 0.848. The fourth-order valence-corrected chi connectivity index (χ4v) is 2.96. The van der Waals surface area contributed by atoms with Crippen molar-refractivity contribution in [3.8, 4) is 5.75 Å². The van der Waals surface area contributed by atoms with Crippen molar-refractivity contribution in [2.24, 2.45) is 0 Å². The van der Waals surface area contributed by atoms with Gasteiger partial charge in [-0.15, -0.1) is 0 Å². The van der Waals surface area contributed by atoms with Crippen molar-refractivity contribution in [1.82, 2.24) is 5.32 Å². The zero-order valence-corrected chi connectivity index (χ0v) is 11.6. The van der Waals surface area contributed by atoms with E-state index in [0.717, 1.165) is 31.9 Å². The first-order valence-corrected chi connectivity index (χ1v) is 7.55. The zero-order valence-electron chi connectivity index (χ0n) is 11.6. The van der Waals surface area contributed by atoms with Crippen LogP contribution < -0.4 is 10.1 Å². The fraction of sp³-hybridized carbons (Fsp3) is 0.529. The van der Waals surface area contributed by atoms with Crippen LogP contribution in [-0.4, -0.2) is 13.2 Å². The van der Waals surface area contributed by atoms with Gasteiger partial charge in [-0.3, -0.25) is 0 Å². The van der Waals surface area contributed by atoms with E-state index in [2.05, 4.69) is 29.6 Å². The van der Waals surface area contributed by atoms with Crippen LogP contribution >= 0.6 is 0 Å². The summed E-state index contributed by atoms with van der Waals surface area (Å²) in [6, 6.07) is 6.58. The third-order valence-electron chi connectivity index (χ3n) is 4.09. The second-order valence-electron chi connectivity index (χ2n) is 5.58. The first-order valence-electron chi connectivity index (χ1n) is 7.55. The molecule has 1 N–H and O–H groups in total. The number of allylic oxidation sites excluding steroid dienone is 1. The number of hydrogen-bond acceptors (Lipinski definition) is 2. The Morgan fingerprint density at radius 3 is 3.05 bits per heavy atom. The van der Waals surface area contributed by atoms with Gasteiger partial charge >= 0.3 is 0 Å². The van der Waals surface area contributed by atoms with Gasteiger partial charge in [-0.1, -0.05) is 23.8 Å². The molecule has 0 saturated carbocycles. The lowest BCUT2D eigenvalue weighted by atomic mass is 9.97. The van der Waals surface area contributed by atoms with Crippen LogP contribution in [0.1, 0.15) is 43.2 Å². The van der Waals surface area contributed by atoms with Gasteiger partial charge in [0.1, 0.15) is 5.75 Å². The highest BCUT2D eigenvalue weighted by Crippen LogP contribution is 2.25. The normalized spacial score (nSPS) is 17.8. The van der Waals surface area contributed by atoms with Crippen LogP contribution in [0, 0.1) is 0 Å². The molecule has 0 aromatic heterocycles. The van der Waals surface area contributed by atoms with E-state index < -0.39 is 0 Å². The average Bonchev–Trinajstić information content (AvgIpc) is 2.92. The van der Waals surface area contributed by atoms with E-state index in [1.54, 1.807) is 5.57 Å². The van der Waals surface area contributed by atoms with Gasteiger partial charge in [-0.25, -0.2) is 0 Å². The Morgan fingerprint density at radius 2 is 2.16 bits per heavy atom. The average molecular weight is 257 g/mol. The predicted molar refractivity (Wildman–Crippen MR) is 78.5 cm³/mol. The molecule has 2 heteroatoms. The molecule has 0 atom stereocenters. The predicted octanol–water partition coefficient (Wildman–Crippen LogP) is 3.60. The molecule has 0 spiro atoms. The fourth-order valence-electron chi connectivity index (χ4n) is 2.96. The van der Waals surface area contributed by atoms with E-state index in [-0.39, 0.29) is 0 Å². The molecular weight excluding hydrogens is 234 g/mol. The molecule has 0 saturated heterocycles. The van der Waals surface area contributed by atoms with E-state index >= 15 is 0 Å². The number of rotatable bonds is 5. The van der Waals surface area contributed by atoms with Gasteiger partial charge < -0.3 is 10.1 Å². The molecule has 0 fully saturated rings. The Kier molecular flexibility index (Phi) is 4.19. The summed E-state index contributed by atoms with van der Waals surface area (Å²) in [4.78, 5) is 0. The van der Waals surface area contributed by atoms with Crippen molar-refractivity contribution in [3.05, 3.63) is 41.0 Å². The molecule has 2 aliphatic rings. The number of hydrogen-bond donors (Lipinski definition) is 1. The van der Waals surface area contributed by atoms with Crippen LogP contribution in [0.15, 0.2) is 29.8 Å². The highest BCUT2D eigenvalue weighted by Gasteiger charge is 2.11. The molecule has 19 heavy (non-hydrogen) atoms. The van der Waals surface area contributed by atoms with E-state index in [4.69, 9.17) is 4.74 Å². The molecule has 1 aliphatic carbocycles. The van der Waals surface area contributed by atoms with E-state index in [1.165, 1.54) is 43.2 Å². The number of nitrogens with one attached hydrogen (secondary N) is 1. The van der Waals surface area contributed by atoms with Crippen LogP contribution in [0.3, 0.4) is 0 Å². The van der Waals surface area contributed by atoms with E-state index in [1.807, 2.05) is 0 Å². The maximum absolute atomic E-state index is 5.53. The van der Waals surface area contributed by atoms with E-state index in [0.29, 0.717) is 0 Å². The van der Waals surface area contributed by atoms with Crippen molar-refractivity contribution in [2.75, 3.05) is 13.2 Å². The van der Waals surface area contributed by atoms with Gasteiger partial charge in [0.05, 0.1) is 6.61 Å². The lowest BCUT2D eigenvalue weighted by Crippen LogP contribution is -2.15. The van der Waals surface area contributed by atoms with Crippen molar-refractivity contribution in [3.63, 3.8) is 0 Å². The largest absolute Gasteiger partial charge is 0.493 e. The summed E-state index contributed by atoms with van der Waals surface area (Å²) in [5.74, 6) is 1.08. The molecule has 1 aromatic rings. The maximum Gasteiger partial charge on any atom is 0.122 e. The standard InChI is InChI=1S/C17H23NO/c1-2-4-14(5-3-1)8-10-18-13-15-6-7-17-16(12-15)9-11-19-17/h4,6-7,12,18H,1-3,5,8-11,13H2. The van der Waals surface area contributed by atoms with Crippen LogP contribution in [0.4, 0.5) is 0 Å². The van der Waals surface area contributed by atoms with Gasteiger partial charge in [0.15, 0.2) is 0 Å². The number of fused-ring (bicyclic) bond motifs is 1. The summed E-state index contributed by atoms with van der Waals surface area (Å²) in [6.45, 7) is 2.92. The van der Waals surface area contributed by atoms with Crippen molar-refractivity contribution < 1.29 is 4.74 Å². The third-order valence-corrected chi connectivity index (χ3v) is 4.09. The Labute approximate surface area is 115 Å². The molecule has 0 bridgehead atoms. The molecule has 0 radical (unpaired) electrons. The first kappa shape index (κ1) is 12.7. The third kappa shape index (κ3) is 3.38. The number of ether oxygens (including phenoxy) is 1. The molecule has 0 amide bonds. The Bertz CT molecular complexity index is 464. The topological polar surface area (TPSA) is 21.3 Å². The van der Waals surface area contributed by atoms with Gasteiger partial charge in [0.25, 0.3) is 0 Å². The second-order valence-corrected chi connectivity index (χ2v) is 5.58. The molecule has 102 valence electrons. The number of benzene rings is 1. The van der Waals surface area contributed by atoms with Crippen LogP contribution in [0.2, 0.25) is 0 Å².